The molecule has 0 saturated heterocycles. The van der Waals surface area contributed by atoms with E-state index in [0.29, 0.717) is 6.54 Å². The summed E-state index contributed by atoms with van der Waals surface area (Å²) in [5.41, 5.74) is 3.06. The third-order valence-electron chi connectivity index (χ3n) is 3.46. The molecule has 19 heavy (non-hydrogen) atoms. The van der Waals surface area contributed by atoms with Gasteiger partial charge < -0.3 is 4.90 Å². The Kier molecular flexibility index (Phi) is 3.26. The normalized spacial score (nSPS) is 15.1. The summed E-state index contributed by atoms with van der Waals surface area (Å²) in [5, 5.41) is -0.618. The first-order chi connectivity index (χ1) is 9.27. The van der Waals surface area contributed by atoms with Crippen molar-refractivity contribution in [3.05, 3.63) is 65.7 Å². The van der Waals surface area contributed by atoms with Crippen molar-refractivity contribution in [3.8, 4) is 0 Å². The standard InChI is InChI=1S/C16H14ClNO/c17-15(13-7-2-1-3-8-13)16(19)18-11-10-12-6-4-5-9-14(12)18/h1-9,15H,10-11H2/t15-/m1/s1. The number of hydrogen-bond donors (Lipinski definition) is 0. The van der Waals surface area contributed by atoms with E-state index in [1.54, 1.807) is 4.90 Å². The Morgan fingerprint density at radius 2 is 1.74 bits per heavy atom. The molecule has 1 aliphatic rings. The predicted molar refractivity (Wildman–Crippen MR) is 77.5 cm³/mol. The maximum Gasteiger partial charge on any atom is 0.249 e. The van der Waals surface area contributed by atoms with Gasteiger partial charge in [0.15, 0.2) is 0 Å². The maximum absolute atomic E-state index is 12.5. The predicted octanol–water partition coefficient (Wildman–Crippen LogP) is 3.56. The van der Waals surface area contributed by atoms with Crippen molar-refractivity contribution in [2.24, 2.45) is 0 Å². The van der Waals surface area contributed by atoms with E-state index < -0.39 is 5.38 Å². The zero-order valence-electron chi connectivity index (χ0n) is 10.4. The molecule has 2 aromatic carbocycles. The highest BCUT2D eigenvalue weighted by Crippen LogP contribution is 2.32. The number of fused-ring (bicyclic) bond motifs is 1. The van der Waals surface area contributed by atoms with Crippen LogP contribution in [0, 0.1) is 0 Å². The van der Waals surface area contributed by atoms with Gasteiger partial charge in [-0.05, 0) is 23.6 Å². The van der Waals surface area contributed by atoms with Gasteiger partial charge in [-0.1, -0.05) is 48.5 Å². The van der Waals surface area contributed by atoms with E-state index in [0.717, 1.165) is 17.7 Å². The lowest BCUT2D eigenvalue weighted by molar-refractivity contribution is -0.118. The Hall–Kier alpha value is -1.80. The quantitative estimate of drug-likeness (QED) is 0.765. The monoisotopic (exact) mass is 271 g/mol. The van der Waals surface area contributed by atoms with E-state index in [1.165, 1.54) is 5.56 Å². The number of para-hydroxylation sites is 1. The lowest BCUT2D eigenvalue weighted by Crippen LogP contribution is -2.31. The second kappa shape index (κ2) is 5.06. The van der Waals surface area contributed by atoms with Crippen molar-refractivity contribution in [1.29, 1.82) is 0 Å². The molecule has 1 atom stereocenters. The van der Waals surface area contributed by atoms with Crippen LogP contribution in [-0.2, 0) is 11.2 Å². The van der Waals surface area contributed by atoms with Crippen LogP contribution >= 0.6 is 11.6 Å². The van der Waals surface area contributed by atoms with Gasteiger partial charge in [0, 0.05) is 12.2 Å². The zero-order valence-corrected chi connectivity index (χ0v) is 11.2. The van der Waals surface area contributed by atoms with Crippen LogP contribution in [0.5, 0.6) is 0 Å². The van der Waals surface area contributed by atoms with Crippen LogP contribution in [0.4, 0.5) is 5.69 Å². The minimum absolute atomic E-state index is 0.0437. The molecule has 1 amide bonds. The highest BCUT2D eigenvalue weighted by molar-refractivity contribution is 6.33. The van der Waals surface area contributed by atoms with Crippen molar-refractivity contribution < 1.29 is 4.79 Å². The van der Waals surface area contributed by atoms with Crippen LogP contribution in [0.1, 0.15) is 16.5 Å². The zero-order chi connectivity index (χ0) is 13.2. The van der Waals surface area contributed by atoms with Crippen LogP contribution in [0.15, 0.2) is 54.6 Å². The van der Waals surface area contributed by atoms with E-state index in [-0.39, 0.29) is 5.91 Å². The topological polar surface area (TPSA) is 20.3 Å². The van der Waals surface area contributed by atoms with E-state index in [1.807, 2.05) is 48.5 Å². The molecule has 1 aliphatic heterocycles. The summed E-state index contributed by atoms with van der Waals surface area (Å²) in [6.45, 7) is 0.717. The van der Waals surface area contributed by atoms with Gasteiger partial charge >= 0.3 is 0 Å². The molecule has 2 nitrogen and oxygen atoms in total. The highest BCUT2D eigenvalue weighted by atomic mass is 35.5. The van der Waals surface area contributed by atoms with Crippen molar-refractivity contribution in [2.75, 3.05) is 11.4 Å². The molecule has 0 saturated carbocycles. The van der Waals surface area contributed by atoms with Crippen LogP contribution in [-0.4, -0.2) is 12.5 Å². The first-order valence-electron chi connectivity index (χ1n) is 6.35. The third-order valence-corrected chi connectivity index (χ3v) is 3.90. The number of alkyl halides is 1. The molecule has 0 spiro atoms. The molecule has 96 valence electrons. The minimum atomic E-state index is -0.618. The van der Waals surface area contributed by atoms with Crippen LogP contribution < -0.4 is 4.90 Å². The number of hydrogen-bond acceptors (Lipinski definition) is 1. The Morgan fingerprint density at radius 1 is 1.05 bits per heavy atom. The average molecular weight is 272 g/mol. The number of benzene rings is 2. The number of nitrogens with zero attached hydrogens (tertiary/aromatic N) is 1. The molecule has 2 aromatic rings. The van der Waals surface area contributed by atoms with Crippen LogP contribution in [0.25, 0.3) is 0 Å². The Balaban J connectivity index is 1.86. The molecule has 0 aliphatic carbocycles. The van der Waals surface area contributed by atoms with Gasteiger partial charge in [0.05, 0.1) is 0 Å². The fourth-order valence-electron chi connectivity index (χ4n) is 2.47. The number of amides is 1. The van der Waals surface area contributed by atoms with Gasteiger partial charge in [0.2, 0.25) is 5.91 Å². The lowest BCUT2D eigenvalue weighted by Gasteiger charge is -2.20. The molecule has 0 bridgehead atoms. The minimum Gasteiger partial charge on any atom is -0.310 e. The lowest BCUT2D eigenvalue weighted by atomic mass is 10.1. The molecule has 0 N–H and O–H groups in total. The fourth-order valence-corrected chi connectivity index (χ4v) is 2.73. The second-order valence-electron chi connectivity index (χ2n) is 4.64. The van der Waals surface area contributed by atoms with E-state index in [2.05, 4.69) is 6.07 Å². The summed E-state index contributed by atoms with van der Waals surface area (Å²) in [4.78, 5) is 14.3. The third kappa shape index (κ3) is 2.24. The molecular weight excluding hydrogens is 258 g/mol. The molecule has 1 heterocycles. The van der Waals surface area contributed by atoms with Crippen molar-refractivity contribution in [3.63, 3.8) is 0 Å². The Labute approximate surface area is 117 Å². The fraction of sp³-hybridized carbons (Fsp3) is 0.188. The Morgan fingerprint density at radius 3 is 2.53 bits per heavy atom. The van der Waals surface area contributed by atoms with Crippen molar-refractivity contribution in [1.82, 2.24) is 0 Å². The van der Waals surface area contributed by atoms with Crippen molar-refractivity contribution in [2.45, 2.75) is 11.8 Å². The van der Waals surface area contributed by atoms with E-state index in [9.17, 15) is 4.79 Å². The Bertz CT molecular complexity index is 597. The van der Waals surface area contributed by atoms with E-state index in [4.69, 9.17) is 11.6 Å². The summed E-state index contributed by atoms with van der Waals surface area (Å²) in [5.74, 6) is -0.0437. The number of halogens is 1. The van der Waals surface area contributed by atoms with Crippen LogP contribution in [0.2, 0.25) is 0 Å². The van der Waals surface area contributed by atoms with Gasteiger partial charge in [-0.25, -0.2) is 0 Å². The van der Waals surface area contributed by atoms with E-state index >= 15 is 0 Å². The van der Waals surface area contributed by atoms with Crippen LogP contribution in [0.3, 0.4) is 0 Å². The summed E-state index contributed by atoms with van der Waals surface area (Å²) in [6, 6.07) is 17.5. The molecule has 0 unspecified atom stereocenters. The average Bonchev–Trinajstić information content (AvgIpc) is 2.90. The largest absolute Gasteiger partial charge is 0.310 e. The summed E-state index contributed by atoms with van der Waals surface area (Å²) in [6.07, 6.45) is 0.903. The molecule has 0 aromatic heterocycles. The summed E-state index contributed by atoms with van der Waals surface area (Å²) >= 11 is 6.31. The number of rotatable bonds is 2. The molecule has 3 rings (SSSR count). The smallest absolute Gasteiger partial charge is 0.249 e. The number of carbonyl (C=O) groups excluding carboxylic acids is 1. The van der Waals surface area contributed by atoms with Gasteiger partial charge in [0.25, 0.3) is 0 Å². The molecule has 0 radical (unpaired) electrons. The summed E-state index contributed by atoms with van der Waals surface area (Å²) < 4.78 is 0. The number of anilines is 1. The molecule has 0 fully saturated rings. The SMILES string of the molecule is O=C([C@H](Cl)c1ccccc1)N1CCc2ccccc21. The number of carbonyl (C=O) groups is 1. The first-order valence-corrected chi connectivity index (χ1v) is 6.79. The van der Waals surface area contributed by atoms with Gasteiger partial charge in [-0.15, -0.1) is 11.6 Å². The highest BCUT2D eigenvalue weighted by Gasteiger charge is 2.29. The van der Waals surface area contributed by atoms with Gasteiger partial charge in [-0.2, -0.15) is 0 Å². The van der Waals surface area contributed by atoms with Gasteiger partial charge in [0.1, 0.15) is 5.38 Å². The second-order valence-corrected chi connectivity index (χ2v) is 5.08. The molecular formula is C16H14ClNO. The van der Waals surface area contributed by atoms with Gasteiger partial charge in [-0.3, -0.25) is 4.79 Å². The summed E-state index contributed by atoms with van der Waals surface area (Å²) in [7, 11) is 0. The maximum atomic E-state index is 12.5. The van der Waals surface area contributed by atoms with Crippen molar-refractivity contribution >= 4 is 23.2 Å². The first kappa shape index (κ1) is 12.2. The molecule has 3 heteroatoms.